The zero-order valence-electron chi connectivity index (χ0n) is 18.4. The highest BCUT2D eigenvalue weighted by atomic mass is 32.2. The van der Waals surface area contributed by atoms with Gasteiger partial charge >= 0.3 is 0 Å². The molecule has 0 spiro atoms. The quantitative estimate of drug-likeness (QED) is 0.661. The first-order valence-electron chi connectivity index (χ1n) is 10.9. The van der Waals surface area contributed by atoms with E-state index in [-0.39, 0.29) is 16.7 Å². The van der Waals surface area contributed by atoms with Crippen molar-refractivity contribution in [1.29, 1.82) is 0 Å². The SMILES string of the molecule is C[C@H](Oc1cccc(N2CCCC2=O)c1)C(=O)Nc1ccc(S(=O)(=O)N2CCOCC2)cc1. The minimum Gasteiger partial charge on any atom is -0.481 e. The van der Waals surface area contributed by atoms with Crippen molar-refractivity contribution in [2.24, 2.45) is 0 Å². The lowest BCUT2D eigenvalue weighted by molar-refractivity contribution is -0.122. The van der Waals surface area contributed by atoms with Gasteiger partial charge in [-0.2, -0.15) is 4.31 Å². The fourth-order valence-electron chi connectivity index (χ4n) is 3.79. The fraction of sp³-hybridized carbons (Fsp3) is 0.391. The van der Waals surface area contributed by atoms with Gasteiger partial charge in [-0.25, -0.2) is 8.42 Å². The van der Waals surface area contributed by atoms with E-state index in [1.165, 1.54) is 16.4 Å². The fourth-order valence-corrected chi connectivity index (χ4v) is 5.20. The molecule has 10 heteroatoms. The van der Waals surface area contributed by atoms with E-state index in [0.717, 1.165) is 12.1 Å². The summed E-state index contributed by atoms with van der Waals surface area (Å²) in [5.41, 5.74) is 1.22. The van der Waals surface area contributed by atoms with Crippen LogP contribution in [0.15, 0.2) is 53.4 Å². The highest BCUT2D eigenvalue weighted by Crippen LogP contribution is 2.26. The van der Waals surface area contributed by atoms with Gasteiger partial charge in [0.15, 0.2) is 6.10 Å². The lowest BCUT2D eigenvalue weighted by Gasteiger charge is -2.26. The van der Waals surface area contributed by atoms with E-state index in [9.17, 15) is 18.0 Å². The van der Waals surface area contributed by atoms with Gasteiger partial charge < -0.3 is 19.7 Å². The van der Waals surface area contributed by atoms with Gasteiger partial charge in [-0.15, -0.1) is 0 Å². The zero-order chi connectivity index (χ0) is 23.4. The first-order valence-corrected chi connectivity index (χ1v) is 12.3. The van der Waals surface area contributed by atoms with E-state index in [1.807, 2.05) is 6.07 Å². The van der Waals surface area contributed by atoms with Crippen molar-refractivity contribution in [3.63, 3.8) is 0 Å². The molecule has 2 aromatic rings. The smallest absolute Gasteiger partial charge is 0.265 e. The summed E-state index contributed by atoms with van der Waals surface area (Å²) < 4.78 is 37.8. The van der Waals surface area contributed by atoms with Crippen molar-refractivity contribution in [2.75, 3.05) is 43.1 Å². The second kappa shape index (κ2) is 9.90. The average Bonchev–Trinajstić information content (AvgIpc) is 3.26. The van der Waals surface area contributed by atoms with Crippen molar-refractivity contribution in [2.45, 2.75) is 30.8 Å². The molecule has 1 N–H and O–H groups in total. The van der Waals surface area contributed by atoms with Gasteiger partial charge in [0.1, 0.15) is 5.75 Å². The third kappa shape index (κ3) is 5.35. The summed E-state index contributed by atoms with van der Waals surface area (Å²) in [5.74, 6) is 0.195. The molecule has 0 unspecified atom stereocenters. The number of rotatable bonds is 7. The molecule has 2 amide bonds. The number of ether oxygens (including phenoxy) is 2. The first-order chi connectivity index (χ1) is 15.8. The van der Waals surface area contributed by atoms with E-state index in [4.69, 9.17) is 9.47 Å². The summed E-state index contributed by atoms with van der Waals surface area (Å²) in [5, 5.41) is 2.74. The highest BCUT2D eigenvalue weighted by Gasteiger charge is 2.26. The number of nitrogens with zero attached hydrogens (tertiary/aromatic N) is 2. The third-order valence-corrected chi connectivity index (χ3v) is 7.53. The lowest BCUT2D eigenvalue weighted by atomic mass is 10.2. The highest BCUT2D eigenvalue weighted by molar-refractivity contribution is 7.89. The topological polar surface area (TPSA) is 105 Å². The molecule has 176 valence electrons. The molecule has 0 aliphatic carbocycles. The van der Waals surface area contributed by atoms with Crippen LogP contribution in [-0.4, -0.2) is 63.5 Å². The molecule has 2 aromatic carbocycles. The first kappa shape index (κ1) is 23.2. The Labute approximate surface area is 193 Å². The molecule has 1 atom stereocenters. The Morgan fingerprint density at radius 3 is 2.48 bits per heavy atom. The predicted octanol–water partition coefficient (Wildman–Crippen LogP) is 2.24. The van der Waals surface area contributed by atoms with Gasteiger partial charge in [-0.1, -0.05) is 6.07 Å². The number of sulfonamides is 1. The Morgan fingerprint density at radius 2 is 1.82 bits per heavy atom. The molecule has 9 nitrogen and oxygen atoms in total. The molecule has 2 aliphatic rings. The van der Waals surface area contributed by atoms with Gasteiger partial charge in [0, 0.05) is 43.5 Å². The average molecular weight is 474 g/mol. The van der Waals surface area contributed by atoms with Crippen molar-refractivity contribution in [1.82, 2.24) is 4.31 Å². The third-order valence-electron chi connectivity index (χ3n) is 5.61. The Bertz CT molecular complexity index is 1110. The van der Waals surface area contributed by atoms with Gasteiger partial charge in [-0.3, -0.25) is 9.59 Å². The van der Waals surface area contributed by atoms with Crippen LogP contribution in [0.4, 0.5) is 11.4 Å². The van der Waals surface area contributed by atoms with E-state index >= 15 is 0 Å². The maximum absolute atomic E-state index is 12.7. The van der Waals surface area contributed by atoms with E-state index in [0.29, 0.717) is 50.7 Å². The largest absolute Gasteiger partial charge is 0.481 e. The number of hydrogen-bond donors (Lipinski definition) is 1. The zero-order valence-corrected chi connectivity index (χ0v) is 19.2. The second-order valence-corrected chi connectivity index (χ2v) is 9.87. The van der Waals surface area contributed by atoms with Crippen LogP contribution >= 0.6 is 0 Å². The summed E-state index contributed by atoms with van der Waals surface area (Å²) in [6.45, 7) is 3.70. The summed E-state index contributed by atoms with van der Waals surface area (Å²) in [4.78, 5) is 26.4. The van der Waals surface area contributed by atoms with Gasteiger partial charge in [0.2, 0.25) is 15.9 Å². The molecule has 2 aliphatic heterocycles. The van der Waals surface area contributed by atoms with E-state index in [1.54, 1.807) is 42.2 Å². The molecule has 4 rings (SSSR count). The molecule has 33 heavy (non-hydrogen) atoms. The van der Waals surface area contributed by atoms with E-state index < -0.39 is 16.1 Å². The van der Waals surface area contributed by atoms with Crippen molar-refractivity contribution >= 4 is 33.2 Å². The van der Waals surface area contributed by atoms with Gasteiger partial charge in [-0.05, 0) is 49.7 Å². The molecule has 2 fully saturated rings. The number of nitrogens with one attached hydrogen (secondary N) is 1. The number of morpholine rings is 1. The minimum atomic E-state index is -3.59. The molecule has 0 bridgehead atoms. The maximum Gasteiger partial charge on any atom is 0.265 e. The summed E-state index contributed by atoms with van der Waals surface area (Å²) in [6.07, 6.45) is 0.567. The number of carbonyl (C=O) groups excluding carboxylic acids is 2. The normalized spacial score (nSPS) is 18.2. The molecule has 0 radical (unpaired) electrons. The molecular formula is C23H27N3O6S. The number of amides is 2. The molecular weight excluding hydrogens is 446 g/mol. The number of carbonyl (C=O) groups is 2. The molecule has 2 heterocycles. The summed E-state index contributed by atoms with van der Waals surface area (Å²) >= 11 is 0. The maximum atomic E-state index is 12.7. The number of hydrogen-bond acceptors (Lipinski definition) is 6. The number of benzene rings is 2. The van der Waals surface area contributed by atoms with Crippen LogP contribution in [0.5, 0.6) is 5.75 Å². The molecule has 2 saturated heterocycles. The van der Waals surface area contributed by atoms with E-state index in [2.05, 4.69) is 5.32 Å². The van der Waals surface area contributed by atoms with Crippen LogP contribution in [0.3, 0.4) is 0 Å². The standard InChI is InChI=1S/C23H27N3O6S/c1-17(32-20-5-2-4-19(16-20)26-11-3-6-22(26)27)23(28)24-18-7-9-21(10-8-18)33(29,30)25-12-14-31-15-13-25/h2,4-5,7-10,16-17H,3,6,11-15H2,1H3,(H,24,28)/t17-/m0/s1. The van der Waals surface area contributed by atoms with Crippen LogP contribution in [0.2, 0.25) is 0 Å². The lowest BCUT2D eigenvalue weighted by Crippen LogP contribution is -2.40. The van der Waals surface area contributed by atoms with Gasteiger partial charge in [0.25, 0.3) is 5.91 Å². The Morgan fingerprint density at radius 1 is 1.09 bits per heavy atom. The van der Waals surface area contributed by atoms with Crippen LogP contribution in [0.1, 0.15) is 19.8 Å². The molecule has 0 aromatic heterocycles. The van der Waals surface area contributed by atoms with Crippen molar-refractivity contribution < 1.29 is 27.5 Å². The van der Waals surface area contributed by atoms with Crippen molar-refractivity contribution in [3.8, 4) is 5.75 Å². The van der Waals surface area contributed by atoms with Crippen LogP contribution < -0.4 is 15.0 Å². The molecule has 0 saturated carbocycles. The summed E-state index contributed by atoms with van der Waals surface area (Å²) in [7, 11) is -3.59. The Kier molecular flexibility index (Phi) is 6.96. The number of anilines is 2. The predicted molar refractivity (Wildman–Crippen MR) is 123 cm³/mol. The van der Waals surface area contributed by atoms with Gasteiger partial charge in [0.05, 0.1) is 18.1 Å². The van der Waals surface area contributed by atoms with Crippen LogP contribution in [0.25, 0.3) is 0 Å². The monoisotopic (exact) mass is 473 g/mol. The van der Waals surface area contributed by atoms with Crippen LogP contribution in [0, 0.1) is 0 Å². The Hall–Kier alpha value is -2.95. The Balaban J connectivity index is 1.37. The minimum absolute atomic E-state index is 0.0806. The van der Waals surface area contributed by atoms with Crippen LogP contribution in [-0.2, 0) is 24.3 Å². The summed E-state index contributed by atoms with van der Waals surface area (Å²) in [6, 6.07) is 13.2. The van der Waals surface area contributed by atoms with Crippen molar-refractivity contribution in [3.05, 3.63) is 48.5 Å². The second-order valence-electron chi connectivity index (χ2n) is 7.94.